The van der Waals surface area contributed by atoms with Crippen molar-refractivity contribution in [1.82, 2.24) is 20.2 Å². The monoisotopic (exact) mass is 387 g/mol. The number of rotatable bonds is 7. The van der Waals surface area contributed by atoms with Gasteiger partial charge in [-0.25, -0.2) is 4.68 Å². The maximum absolute atomic E-state index is 12.5. The molecule has 0 bridgehead atoms. The molecule has 0 aliphatic rings. The first-order chi connectivity index (χ1) is 13.1. The highest BCUT2D eigenvalue weighted by Gasteiger charge is 2.11. The van der Waals surface area contributed by atoms with Crippen molar-refractivity contribution in [2.75, 3.05) is 12.4 Å². The van der Waals surface area contributed by atoms with Crippen molar-refractivity contribution in [1.29, 1.82) is 0 Å². The molecule has 1 heterocycles. The van der Waals surface area contributed by atoms with Gasteiger partial charge in [0.15, 0.2) is 5.82 Å². The molecule has 0 aliphatic heterocycles. The molecule has 1 N–H and O–H groups in total. The predicted molar refractivity (Wildman–Crippen MR) is 100 cm³/mol. The minimum absolute atomic E-state index is 0.242. The van der Waals surface area contributed by atoms with E-state index in [9.17, 15) is 4.79 Å². The van der Waals surface area contributed by atoms with Crippen LogP contribution in [0.4, 0.5) is 5.69 Å². The minimum Gasteiger partial charge on any atom is -0.495 e. The number of amides is 1. The summed E-state index contributed by atoms with van der Waals surface area (Å²) in [5.74, 6) is 1.49. The highest BCUT2D eigenvalue weighted by Crippen LogP contribution is 2.28. The van der Waals surface area contributed by atoms with Crippen LogP contribution in [-0.4, -0.2) is 33.2 Å². The van der Waals surface area contributed by atoms with Crippen LogP contribution in [-0.2, 0) is 13.2 Å². The van der Waals surface area contributed by atoms with E-state index in [1.54, 1.807) is 47.1 Å². The number of aromatic nitrogens is 4. The molecule has 0 spiro atoms. The number of anilines is 1. The first-order valence-corrected chi connectivity index (χ1v) is 8.61. The van der Waals surface area contributed by atoms with Crippen LogP contribution in [0.25, 0.3) is 0 Å². The van der Waals surface area contributed by atoms with E-state index >= 15 is 0 Å². The molecule has 1 aromatic heterocycles. The van der Waals surface area contributed by atoms with E-state index in [2.05, 4.69) is 20.8 Å². The van der Waals surface area contributed by atoms with Crippen LogP contribution in [0.5, 0.6) is 11.5 Å². The van der Waals surface area contributed by atoms with Gasteiger partial charge in [-0.15, -0.1) is 5.10 Å². The Morgan fingerprint density at radius 3 is 2.70 bits per heavy atom. The number of ether oxygens (including phenoxy) is 2. The minimum atomic E-state index is -0.281. The molecule has 9 heteroatoms. The number of carbonyl (C=O) groups excluding carboxylic acids is 1. The lowest BCUT2D eigenvalue weighted by molar-refractivity contribution is 0.102. The Labute approximate surface area is 161 Å². The Kier molecular flexibility index (Phi) is 5.87. The van der Waals surface area contributed by atoms with E-state index in [0.29, 0.717) is 40.1 Å². The van der Waals surface area contributed by atoms with E-state index in [-0.39, 0.29) is 12.5 Å². The van der Waals surface area contributed by atoms with Crippen LogP contribution in [0.15, 0.2) is 42.5 Å². The van der Waals surface area contributed by atoms with Gasteiger partial charge < -0.3 is 14.8 Å². The summed E-state index contributed by atoms with van der Waals surface area (Å²) in [6.45, 7) is 2.85. The lowest BCUT2D eigenvalue weighted by Crippen LogP contribution is -2.12. The normalized spacial score (nSPS) is 10.5. The Hall–Kier alpha value is -3.13. The third-order valence-corrected chi connectivity index (χ3v) is 4.03. The molecule has 140 valence electrons. The summed E-state index contributed by atoms with van der Waals surface area (Å²) in [6, 6.07) is 11.8. The van der Waals surface area contributed by atoms with Crippen LogP contribution < -0.4 is 14.8 Å². The Morgan fingerprint density at radius 2 is 2.00 bits per heavy atom. The second-order valence-corrected chi connectivity index (χ2v) is 5.96. The second-order valence-electron chi connectivity index (χ2n) is 5.52. The van der Waals surface area contributed by atoms with Crippen molar-refractivity contribution < 1.29 is 14.3 Å². The van der Waals surface area contributed by atoms with E-state index in [4.69, 9.17) is 21.1 Å². The summed E-state index contributed by atoms with van der Waals surface area (Å²) < 4.78 is 12.5. The zero-order valence-electron chi connectivity index (χ0n) is 14.8. The van der Waals surface area contributed by atoms with Crippen molar-refractivity contribution in [3.63, 3.8) is 0 Å². The second kappa shape index (κ2) is 8.50. The maximum atomic E-state index is 12.5. The Balaban J connectivity index is 1.64. The number of aryl methyl sites for hydroxylation is 1. The molecule has 3 aromatic rings. The van der Waals surface area contributed by atoms with Crippen LogP contribution in [0.3, 0.4) is 0 Å². The first-order valence-electron chi connectivity index (χ1n) is 8.23. The average Bonchev–Trinajstić information content (AvgIpc) is 3.14. The fourth-order valence-electron chi connectivity index (χ4n) is 2.40. The average molecular weight is 388 g/mol. The summed E-state index contributed by atoms with van der Waals surface area (Å²) in [5.41, 5.74) is 0.976. The van der Waals surface area contributed by atoms with Gasteiger partial charge in [0, 0.05) is 17.1 Å². The van der Waals surface area contributed by atoms with E-state index in [1.165, 1.54) is 7.11 Å². The van der Waals surface area contributed by atoms with Gasteiger partial charge in [0.2, 0.25) is 0 Å². The van der Waals surface area contributed by atoms with Gasteiger partial charge in [-0.1, -0.05) is 11.6 Å². The molecule has 0 atom stereocenters. The van der Waals surface area contributed by atoms with Crippen LogP contribution in [0.1, 0.15) is 23.1 Å². The zero-order chi connectivity index (χ0) is 19.2. The summed E-state index contributed by atoms with van der Waals surface area (Å²) in [5, 5.41) is 14.7. The van der Waals surface area contributed by atoms with Gasteiger partial charge in [-0.3, -0.25) is 4.79 Å². The fourth-order valence-corrected chi connectivity index (χ4v) is 2.57. The lowest BCUT2D eigenvalue weighted by Gasteiger charge is -2.11. The summed E-state index contributed by atoms with van der Waals surface area (Å²) in [7, 11) is 1.53. The van der Waals surface area contributed by atoms with E-state index < -0.39 is 0 Å². The molecule has 0 saturated carbocycles. The number of tetrazole rings is 1. The number of methoxy groups -OCH3 is 1. The highest BCUT2D eigenvalue weighted by molar-refractivity contribution is 6.31. The van der Waals surface area contributed by atoms with Crippen LogP contribution >= 0.6 is 11.6 Å². The molecule has 8 nitrogen and oxygen atoms in total. The van der Waals surface area contributed by atoms with E-state index in [0.717, 1.165) is 0 Å². The van der Waals surface area contributed by atoms with Gasteiger partial charge in [0.05, 0.1) is 12.8 Å². The van der Waals surface area contributed by atoms with Crippen molar-refractivity contribution in [3.8, 4) is 11.5 Å². The molecule has 2 aromatic carbocycles. The lowest BCUT2D eigenvalue weighted by atomic mass is 10.2. The maximum Gasteiger partial charge on any atom is 0.255 e. The fraction of sp³-hybridized carbons (Fsp3) is 0.222. The molecular formula is C18H18ClN5O3. The molecule has 27 heavy (non-hydrogen) atoms. The number of hydrogen-bond donors (Lipinski definition) is 1. The number of nitrogens with one attached hydrogen (secondary N) is 1. The summed E-state index contributed by atoms with van der Waals surface area (Å²) >= 11 is 5.98. The molecule has 3 rings (SSSR count). The predicted octanol–water partition coefficient (Wildman–Crippen LogP) is 3.19. The first kappa shape index (κ1) is 18.7. The van der Waals surface area contributed by atoms with Crippen molar-refractivity contribution >= 4 is 23.2 Å². The largest absolute Gasteiger partial charge is 0.495 e. The van der Waals surface area contributed by atoms with E-state index in [1.807, 2.05) is 6.92 Å². The Morgan fingerprint density at radius 1 is 1.22 bits per heavy atom. The third-order valence-electron chi connectivity index (χ3n) is 3.80. The molecule has 0 aliphatic carbocycles. The number of benzene rings is 2. The van der Waals surface area contributed by atoms with Gasteiger partial charge in [-0.05, 0) is 59.8 Å². The number of hydrogen-bond acceptors (Lipinski definition) is 6. The molecule has 0 unspecified atom stereocenters. The standard InChI is InChI=1S/C18H18ClN5O3/c1-3-24-17(21-22-23-24)11-27-14-7-4-12(5-8-14)18(25)20-15-10-13(19)6-9-16(15)26-2/h4-10H,3,11H2,1-2H3,(H,20,25). The van der Waals surface area contributed by atoms with Gasteiger partial charge in [-0.2, -0.15) is 0 Å². The van der Waals surface area contributed by atoms with Crippen molar-refractivity contribution in [2.24, 2.45) is 0 Å². The third kappa shape index (κ3) is 4.53. The smallest absolute Gasteiger partial charge is 0.255 e. The van der Waals surface area contributed by atoms with Crippen LogP contribution in [0, 0.1) is 0 Å². The number of carbonyl (C=O) groups is 1. The van der Waals surface area contributed by atoms with Crippen LogP contribution in [0.2, 0.25) is 5.02 Å². The Bertz CT molecular complexity index is 927. The molecule has 1 amide bonds. The van der Waals surface area contributed by atoms with Gasteiger partial charge in [0.1, 0.15) is 18.1 Å². The number of nitrogens with zero attached hydrogens (tertiary/aromatic N) is 4. The topological polar surface area (TPSA) is 91.2 Å². The number of halogens is 1. The van der Waals surface area contributed by atoms with Gasteiger partial charge >= 0.3 is 0 Å². The van der Waals surface area contributed by atoms with Gasteiger partial charge in [0.25, 0.3) is 5.91 Å². The zero-order valence-corrected chi connectivity index (χ0v) is 15.6. The molecular weight excluding hydrogens is 370 g/mol. The molecule has 0 radical (unpaired) electrons. The summed E-state index contributed by atoms with van der Waals surface area (Å²) in [4.78, 5) is 12.5. The summed E-state index contributed by atoms with van der Waals surface area (Å²) in [6.07, 6.45) is 0. The quantitative estimate of drug-likeness (QED) is 0.669. The van der Waals surface area contributed by atoms with Crippen molar-refractivity contribution in [2.45, 2.75) is 20.1 Å². The molecule has 0 fully saturated rings. The SMILES string of the molecule is CCn1nnnc1COc1ccc(C(=O)Nc2cc(Cl)ccc2OC)cc1. The molecule has 0 saturated heterocycles. The highest BCUT2D eigenvalue weighted by atomic mass is 35.5. The van der Waals surface area contributed by atoms with Crippen molar-refractivity contribution in [3.05, 3.63) is 58.9 Å².